The fourth-order valence-corrected chi connectivity index (χ4v) is 3.07. The second-order valence-electron chi connectivity index (χ2n) is 6.13. The van der Waals surface area contributed by atoms with E-state index in [9.17, 15) is 9.59 Å². The predicted molar refractivity (Wildman–Crippen MR) is 95.1 cm³/mol. The zero-order chi connectivity index (χ0) is 17.7. The van der Waals surface area contributed by atoms with Crippen molar-refractivity contribution in [3.63, 3.8) is 0 Å². The number of carbonyl (C=O) groups is 2. The van der Waals surface area contributed by atoms with Crippen molar-refractivity contribution < 1.29 is 9.59 Å². The molecule has 0 aliphatic carbocycles. The molecule has 1 atom stereocenters. The van der Waals surface area contributed by atoms with Gasteiger partial charge in [0.2, 0.25) is 5.91 Å². The molecular formula is C17H22N4O2S. The van der Waals surface area contributed by atoms with Gasteiger partial charge >= 0.3 is 0 Å². The molecule has 0 saturated carbocycles. The van der Waals surface area contributed by atoms with Gasteiger partial charge in [-0.25, -0.2) is 9.97 Å². The van der Waals surface area contributed by atoms with Crippen LogP contribution in [0.1, 0.15) is 54.3 Å². The Morgan fingerprint density at radius 1 is 1.29 bits per heavy atom. The van der Waals surface area contributed by atoms with Crippen LogP contribution in [0.25, 0.3) is 0 Å². The Morgan fingerprint density at radius 3 is 2.62 bits per heavy atom. The van der Waals surface area contributed by atoms with Crippen molar-refractivity contribution in [3.8, 4) is 0 Å². The molecule has 0 radical (unpaired) electrons. The van der Waals surface area contributed by atoms with Gasteiger partial charge in [-0.3, -0.25) is 9.59 Å². The Kier molecular flexibility index (Phi) is 6.03. The van der Waals surface area contributed by atoms with Crippen molar-refractivity contribution in [1.29, 1.82) is 0 Å². The molecule has 0 spiro atoms. The molecule has 2 aromatic heterocycles. The summed E-state index contributed by atoms with van der Waals surface area (Å²) in [6.45, 7) is 7.58. The smallest absolute Gasteiger partial charge is 0.276 e. The minimum atomic E-state index is -0.306. The number of anilines is 1. The van der Waals surface area contributed by atoms with Crippen molar-refractivity contribution in [2.45, 2.75) is 40.2 Å². The van der Waals surface area contributed by atoms with E-state index >= 15 is 0 Å². The molecule has 2 N–H and O–H groups in total. The van der Waals surface area contributed by atoms with Crippen molar-refractivity contribution in [2.24, 2.45) is 5.92 Å². The normalized spacial score (nSPS) is 12.0. The number of nitrogens with zero attached hydrogens (tertiary/aromatic N) is 2. The third-order valence-electron chi connectivity index (χ3n) is 3.29. The highest BCUT2D eigenvalue weighted by Crippen LogP contribution is 2.25. The molecular weight excluding hydrogens is 324 g/mol. The molecule has 2 amide bonds. The number of pyridine rings is 1. The third-order valence-corrected chi connectivity index (χ3v) is 4.25. The summed E-state index contributed by atoms with van der Waals surface area (Å²) in [4.78, 5) is 32.2. The molecule has 2 heterocycles. The lowest BCUT2D eigenvalue weighted by molar-refractivity contribution is -0.119. The number of hydrogen-bond acceptors (Lipinski definition) is 5. The Hall–Kier alpha value is -2.28. The van der Waals surface area contributed by atoms with Gasteiger partial charge in [-0.15, -0.1) is 11.3 Å². The van der Waals surface area contributed by atoms with Crippen LogP contribution in [0.5, 0.6) is 0 Å². The minimum absolute atomic E-state index is 0.106. The second-order valence-corrected chi connectivity index (χ2v) is 7.02. The van der Waals surface area contributed by atoms with E-state index in [2.05, 4.69) is 34.4 Å². The van der Waals surface area contributed by atoms with E-state index in [0.29, 0.717) is 17.4 Å². The topological polar surface area (TPSA) is 84.0 Å². The van der Waals surface area contributed by atoms with Crippen molar-refractivity contribution >= 4 is 29.0 Å². The number of thiazole rings is 1. The van der Waals surface area contributed by atoms with Crippen LogP contribution in [0.15, 0.2) is 23.7 Å². The number of hydrogen-bond donors (Lipinski definition) is 2. The van der Waals surface area contributed by atoms with Crippen LogP contribution in [0.2, 0.25) is 0 Å². The molecule has 2 rings (SSSR count). The zero-order valence-electron chi connectivity index (χ0n) is 14.3. The first-order valence-electron chi connectivity index (χ1n) is 7.81. The first-order chi connectivity index (χ1) is 11.3. The van der Waals surface area contributed by atoms with Crippen LogP contribution < -0.4 is 10.6 Å². The molecule has 24 heavy (non-hydrogen) atoms. The average Bonchev–Trinajstić information content (AvgIpc) is 2.98. The SMILES string of the molecule is CC(=O)N[C@H](CC(C)C)c1nc(C(=O)Nc2ccc(C)cn2)cs1. The molecule has 7 heteroatoms. The minimum Gasteiger partial charge on any atom is -0.347 e. The molecule has 2 aromatic rings. The van der Waals surface area contributed by atoms with Crippen LogP contribution >= 0.6 is 11.3 Å². The molecule has 0 unspecified atom stereocenters. The molecule has 0 saturated heterocycles. The largest absolute Gasteiger partial charge is 0.347 e. The number of aryl methyl sites for hydroxylation is 1. The van der Waals surface area contributed by atoms with Crippen molar-refractivity contribution in [2.75, 3.05) is 5.32 Å². The molecule has 0 fully saturated rings. The lowest BCUT2D eigenvalue weighted by Crippen LogP contribution is -2.27. The van der Waals surface area contributed by atoms with E-state index in [1.54, 1.807) is 17.6 Å². The molecule has 6 nitrogen and oxygen atoms in total. The third kappa shape index (κ3) is 5.13. The lowest BCUT2D eigenvalue weighted by atomic mass is 10.0. The molecule has 0 bridgehead atoms. The van der Waals surface area contributed by atoms with Gasteiger partial charge in [0.05, 0.1) is 6.04 Å². The summed E-state index contributed by atoms with van der Waals surface area (Å²) in [6, 6.07) is 3.45. The van der Waals surface area contributed by atoms with Crippen molar-refractivity contribution in [1.82, 2.24) is 15.3 Å². The van der Waals surface area contributed by atoms with Gasteiger partial charge in [0.1, 0.15) is 16.5 Å². The quantitative estimate of drug-likeness (QED) is 0.840. The van der Waals surface area contributed by atoms with Crippen LogP contribution in [-0.4, -0.2) is 21.8 Å². The van der Waals surface area contributed by atoms with Gasteiger partial charge in [-0.2, -0.15) is 0 Å². The highest BCUT2D eigenvalue weighted by molar-refractivity contribution is 7.10. The van der Waals surface area contributed by atoms with E-state index in [0.717, 1.165) is 17.0 Å². The monoisotopic (exact) mass is 346 g/mol. The fraction of sp³-hybridized carbons (Fsp3) is 0.412. The Morgan fingerprint density at radius 2 is 2.04 bits per heavy atom. The highest BCUT2D eigenvalue weighted by atomic mass is 32.1. The van der Waals surface area contributed by atoms with E-state index in [-0.39, 0.29) is 17.9 Å². The van der Waals surface area contributed by atoms with E-state index in [4.69, 9.17) is 0 Å². The summed E-state index contributed by atoms with van der Waals surface area (Å²) in [7, 11) is 0. The van der Waals surface area contributed by atoms with E-state index < -0.39 is 0 Å². The standard InChI is InChI=1S/C17H22N4O2S/c1-10(2)7-13(19-12(4)22)17-20-14(9-24-17)16(23)21-15-6-5-11(3)8-18-15/h5-6,8-10,13H,7H2,1-4H3,(H,19,22)(H,18,21,23)/t13-/m1/s1. The first kappa shape index (κ1) is 18.1. The van der Waals surface area contributed by atoms with Crippen LogP contribution in [0, 0.1) is 12.8 Å². The lowest BCUT2D eigenvalue weighted by Gasteiger charge is -2.17. The van der Waals surface area contributed by atoms with Gasteiger partial charge < -0.3 is 10.6 Å². The number of rotatable bonds is 6. The summed E-state index contributed by atoms with van der Waals surface area (Å²) in [6.07, 6.45) is 2.46. The van der Waals surface area contributed by atoms with E-state index in [1.807, 2.05) is 13.0 Å². The highest BCUT2D eigenvalue weighted by Gasteiger charge is 2.20. The number of carbonyl (C=O) groups excluding carboxylic acids is 2. The van der Waals surface area contributed by atoms with Crippen LogP contribution in [-0.2, 0) is 4.79 Å². The van der Waals surface area contributed by atoms with Gasteiger partial charge in [0.15, 0.2) is 0 Å². The zero-order valence-corrected chi connectivity index (χ0v) is 15.1. The van der Waals surface area contributed by atoms with Gasteiger partial charge in [0.25, 0.3) is 5.91 Å². The van der Waals surface area contributed by atoms with Gasteiger partial charge in [-0.05, 0) is 30.9 Å². The predicted octanol–water partition coefficient (Wildman–Crippen LogP) is 3.32. The number of nitrogens with one attached hydrogen (secondary N) is 2. The van der Waals surface area contributed by atoms with E-state index in [1.165, 1.54) is 18.3 Å². The first-order valence-corrected chi connectivity index (χ1v) is 8.69. The summed E-state index contributed by atoms with van der Waals surface area (Å²) in [5.41, 5.74) is 1.35. The summed E-state index contributed by atoms with van der Waals surface area (Å²) < 4.78 is 0. The summed E-state index contributed by atoms with van der Waals surface area (Å²) in [5, 5.41) is 8.07. The molecule has 0 aliphatic heterocycles. The molecule has 0 aliphatic rings. The Bertz CT molecular complexity index is 710. The van der Waals surface area contributed by atoms with Crippen molar-refractivity contribution in [3.05, 3.63) is 40.0 Å². The number of aromatic nitrogens is 2. The fourth-order valence-electron chi connectivity index (χ4n) is 2.21. The Labute approximate surface area is 145 Å². The Balaban J connectivity index is 2.10. The van der Waals surface area contributed by atoms with Crippen LogP contribution in [0.3, 0.4) is 0 Å². The number of amides is 2. The van der Waals surface area contributed by atoms with Gasteiger partial charge in [0, 0.05) is 18.5 Å². The maximum atomic E-state index is 12.3. The summed E-state index contributed by atoms with van der Waals surface area (Å²) in [5.74, 6) is 0.478. The maximum Gasteiger partial charge on any atom is 0.276 e. The second kappa shape index (κ2) is 8.01. The average molecular weight is 346 g/mol. The van der Waals surface area contributed by atoms with Gasteiger partial charge in [-0.1, -0.05) is 19.9 Å². The molecule has 0 aromatic carbocycles. The maximum absolute atomic E-state index is 12.3. The molecule has 128 valence electrons. The summed E-state index contributed by atoms with van der Waals surface area (Å²) >= 11 is 1.38. The van der Waals surface area contributed by atoms with Crippen LogP contribution in [0.4, 0.5) is 5.82 Å².